The van der Waals surface area contributed by atoms with Crippen LogP contribution in [0.4, 0.5) is 0 Å². The molecule has 0 unspecified atom stereocenters. The van der Waals surface area contributed by atoms with E-state index in [1.165, 1.54) is 11.1 Å². The third kappa shape index (κ3) is 5.39. The second-order valence-corrected chi connectivity index (χ2v) is 8.99. The van der Waals surface area contributed by atoms with Crippen molar-refractivity contribution in [3.8, 4) is 5.69 Å². The summed E-state index contributed by atoms with van der Waals surface area (Å²) in [5.74, 6) is 3.54. The first-order valence-electron chi connectivity index (χ1n) is 10.1. The molecule has 2 aromatic heterocycles. The van der Waals surface area contributed by atoms with Crippen LogP contribution in [0, 0.1) is 13.8 Å². The van der Waals surface area contributed by atoms with E-state index in [0.29, 0.717) is 18.1 Å². The molecule has 4 aromatic rings. The van der Waals surface area contributed by atoms with Crippen molar-refractivity contribution in [2.75, 3.05) is 7.05 Å². The Morgan fingerprint density at radius 1 is 1.00 bits per heavy atom. The SMILES string of the molecule is Cc1ccc(CN(C)Cc2nnc(SCc3ccccc3C)n2-c2cccc(Cl)c2)o1. The van der Waals surface area contributed by atoms with Gasteiger partial charge in [0.05, 0.1) is 18.8 Å². The molecule has 0 radical (unpaired) electrons. The Labute approximate surface area is 192 Å². The molecule has 0 saturated heterocycles. The van der Waals surface area contributed by atoms with Gasteiger partial charge in [-0.05, 0) is 62.4 Å². The predicted molar refractivity (Wildman–Crippen MR) is 126 cm³/mol. The fraction of sp³-hybridized carbons (Fsp3) is 0.250. The summed E-state index contributed by atoms with van der Waals surface area (Å²) in [6, 6.07) is 20.2. The molecule has 4 rings (SSSR count). The summed E-state index contributed by atoms with van der Waals surface area (Å²) in [7, 11) is 2.05. The van der Waals surface area contributed by atoms with Crippen LogP contribution in [0.15, 0.2) is 70.2 Å². The first-order chi connectivity index (χ1) is 15.0. The monoisotopic (exact) mass is 452 g/mol. The maximum atomic E-state index is 6.29. The average molecular weight is 453 g/mol. The Bertz CT molecular complexity index is 1170. The van der Waals surface area contributed by atoms with E-state index in [2.05, 4.69) is 57.9 Å². The molecule has 0 N–H and O–H groups in total. The van der Waals surface area contributed by atoms with Gasteiger partial charge in [-0.15, -0.1) is 10.2 Å². The topological polar surface area (TPSA) is 47.1 Å². The van der Waals surface area contributed by atoms with Crippen molar-refractivity contribution in [1.82, 2.24) is 19.7 Å². The zero-order chi connectivity index (χ0) is 21.8. The van der Waals surface area contributed by atoms with E-state index in [1.54, 1.807) is 11.8 Å². The van der Waals surface area contributed by atoms with E-state index < -0.39 is 0 Å². The molecular weight excluding hydrogens is 428 g/mol. The van der Waals surface area contributed by atoms with Crippen molar-refractivity contribution in [2.24, 2.45) is 0 Å². The van der Waals surface area contributed by atoms with Gasteiger partial charge >= 0.3 is 0 Å². The summed E-state index contributed by atoms with van der Waals surface area (Å²) in [5.41, 5.74) is 3.53. The van der Waals surface area contributed by atoms with Crippen LogP contribution < -0.4 is 0 Å². The standard InChI is InChI=1S/C24H25ClN4OS/c1-17-7-4-5-8-19(17)16-31-24-27-26-23(29(24)21-10-6-9-20(25)13-21)15-28(3)14-22-12-11-18(2)30-22/h4-13H,14-16H2,1-3H3. The maximum absolute atomic E-state index is 6.29. The van der Waals surface area contributed by atoms with Gasteiger partial charge in [-0.1, -0.05) is 53.7 Å². The van der Waals surface area contributed by atoms with Crippen molar-refractivity contribution in [3.63, 3.8) is 0 Å². The van der Waals surface area contributed by atoms with Gasteiger partial charge < -0.3 is 4.42 Å². The summed E-state index contributed by atoms with van der Waals surface area (Å²) in [6.07, 6.45) is 0. The third-order valence-corrected chi connectivity index (χ3v) is 6.23. The van der Waals surface area contributed by atoms with E-state index in [0.717, 1.165) is 33.9 Å². The number of thioether (sulfide) groups is 1. The van der Waals surface area contributed by atoms with Gasteiger partial charge in [0.15, 0.2) is 11.0 Å². The zero-order valence-corrected chi connectivity index (χ0v) is 19.5. The number of hydrogen-bond donors (Lipinski definition) is 0. The molecule has 0 saturated carbocycles. The van der Waals surface area contributed by atoms with Gasteiger partial charge in [-0.25, -0.2) is 0 Å². The minimum Gasteiger partial charge on any atom is -0.465 e. The molecule has 0 bridgehead atoms. The first kappa shape index (κ1) is 21.7. The largest absolute Gasteiger partial charge is 0.465 e. The van der Waals surface area contributed by atoms with Crippen LogP contribution in [0.2, 0.25) is 5.02 Å². The third-order valence-electron chi connectivity index (χ3n) is 5.02. The van der Waals surface area contributed by atoms with Gasteiger partial charge in [0.25, 0.3) is 0 Å². The number of nitrogens with zero attached hydrogens (tertiary/aromatic N) is 4. The molecule has 0 atom stereocenters. The Hall–Kier alpha value is -2.54. The Balaban J connectivity index is 1.59. The van der Waals surface area contributed by atoms with E-state index in [1.807, 2.05) is 43.3 Å². The van der Waals surface area contributed by atoms with Gasteiger partial charge in [0, 0.05) is 10.8 Å². The minimum absolute atomic E-state index is 0.629. The first-order valence-corrected chi connectivity index (χ1v) is 11.5. The number of furan rings is 1. The van der Waals surface area contributed by atoms with E-state index in [9.17, 15) is 0 Å². The average Bonchev–Trinajstić information content (AvgIpc) is 3.33. The van der Waals surface area contributed by atoms with Crippen molar-refractivity contribution >= 4 is 23.4 Å². The fourth-order valence-electron chi connectivity index (χ4n) is 3.42. The number of hydrogen-bond acceptors (Lipinski definition) is 5. The maximum Gasteiger partial charge on any atom is 0.196 e. The van der Waals surface area contributed by atoms with Crippen LogP contribution >= 0.6 is 23.4 Å². The second-order valence-electron chi connectivity index (χ2n) is 7.61. The van der Waals surface area contributed by atoms with Crippen molar-refractivity contribution < 1.29 is 4.42 Å². The van der Waals surface area contributed by atoms with Gasteiger partial charge in [0.1, 0.15) is 11.5 Å². The second kappa shape index (κ2) is 9.73. The lowest BCUT2D eigenvalue weighted by molar-refractivity contribution is 0.277. The number of halogens is 1. The van der Waals surface area contributed by atoms with Gasteiger partial charge in [-0.3, -0.25) is 9.47 Å². The molecule has 2 aromatic carbocycles. The quantitative estimate of drug-likeness (QED) is 0.304. The van der Waals surface area contributed by atoms with E-state index in [4.69, 9.17) is 16.0 Å². The molecule has 0 aliphatic rings. The van der Waals surface area contributed by atoms with Crippen molar-refractivity contribution in [1.29, 1.82) is 0 Å². The highest BCUT2D eigenvalue weighted by atomic mass is 35.5. The lowest BCUT2D eigenvalue weighted by atomic mass is 10.1. The summed E-state index contributed by atoms with van der Waals surface area (Å²) in [5, 5.41) is 10.6. The predicted octanol–water partition coefficient (Wildman–Crippen LogP) is 6.05. The molecule has 0 aliphatic heterocycles. The Morgan fingerprint density at radius 3 is 2.58 bits per heavy atom. The van der Waals surface area contributed by atoms with Crippen molar-refractivity contribution in [2.45, 2.75) is 37.8 Å². The van der Waals surface area contributed by atoms with Gasteiger partial charge in [-0.2, -0.15) is 0 Å². The number of aryl methyl sites for hydroxylation is 2. The smallest absolute Gasteiger partial charge is 0.196 e. The molecule has 0 spiro atoms. The zero-order valence-electron chi connectivity index (χ0n) is 17.9. The number of benzene rings is 2. The highest BCUT2D eigenvalue weighted by Gasteiger charge is 2.17. The molecule has 7 heteroatoms. The summed E-state index contributed by atoms with van der Waals surface area (Å²) >= 11 is 7.97. The molecule has 160 valence electrons. The molecule has 0 amide bonds. The normalized spacial score (nSPS) is 11.4. The highest BCUT2D eigenvalue weighted by molar-refractivity contribution is 7.98. The fourth-order valence-corrected chi connectivity index (χ4v) is 4.65. The Morgan fingerprint density at radius 2 is 1.84 bits per heavy atom. The number of rotatable bonds is 8. The molecule has 5 nitrogen and oxygen atoms in total. The van der Waals surface area contributed by atoms with E-state index >= 15 is 0 Å². The van der Waals surface area contributed by atoms with Crippen LogP contribution in [0.1, 0.15) is 28.5 Å². The lowest BCUT2D eigenvalue weighted by Crippen LogP contribution is -2.19. The van der Waals surface area contributed by atoms with E-state index in [-0.39, 0.29) is 0 Å². The van der Waals surface area contributed by atoms with Crippen LogP contribution in [0.5, 0.6) is 0 Å². The highest BCUT2D eigenvalue weighted by Crippen LogP contribution is 2.28. The molecule has 31 heavy (non-hydrogen) atoms. The summed E-state index contributed by atoms with van der Waals surface area (Å²) < 4.78 is 7.82. The van der Waals surface area contributed by atoms with Gasteiger partial charge in [0.2, 0.25) is 0 Å². The summed E-state index contributed by atoms with van der Waals surface area (Å²) in [6.45, 7) is 5.41. The molecule has 0 aliphatic carbocycles. The van der Waals surface area contributed by atoms with Crippen LogP contribution in [0.3, 0.4) is 0 Å². The number of aromatic nitrogens is 3. The molecule has 2 heterocycles. The van der Waals surface area contributed by atoms with Crippen molar-refractivity contribution in [3.05, 3.63) is 94.2 Å². The summed E-state index contributed by atoms with van der Waals surface area (Å²) in [4.78, 5) is 2.17. The van der Waals surface area contributed by atoms with Crippen LogP contribution in [-0.2, 0) is 18.8 Å². The minimum atomic E-state index is 0.629. The lowest BCUT2D eigenvalue weighted by Gasteiger charge is -2.16. The van der Waals surface area contributed by atoms with Crippen LogP contribution in [0.25, 0.3) is 5.69 Å². The van der Waals surface area contributed by atoms with Crippen LogP contribution in [-0.4, -0.2) is 26.7 Å². The molecular formula is C24H25ClN4OS. The molecule has 0 fully saturated rings. The Kier molecular flexibility index (Phi) is 6.80.